The van der Waals surface area contributed by atoms with Gasteiger partial charge in [0.15, 0.2) is 0 Å². The van der Waals surface area contributed by atoms with E-state index < -0.39 is 35.0 Å². The van der Waals surface area contributed by atoms with Crippen molar-refractivity contribution in [2.24, 2.45) is 0 Å². The number of β-lactam (4-membered cyclic amide) rings is 1. The third kappa shape index (κ3) is 3.26. The average molecular weight is 331 g/mol. The summed E-state index contributed by atoms with van der Waals surface area (Å²) >= 11 is 1.20. The van der Waals surface area contributed by atoms with Crippen LogP contribution in [0.1, 0.15) is 27.7 Å². The average Bonchev–Trinajstić information content (AvgIpc) is 2.41. The Morgan fingerprint density at radius 2 is 2.05 bits per heavy atom. The van der Waals surface area contributed by atoms with Crippen molar-refractivity contribution in [3.63, 3.8) is 0 Å². The number of rotatable bonds is 3. The Balaban J connectivity index is 2.30. The number of ether oxygens (including phenoxy) is 2. The lowest BCUT2D eigenvalue weighted by atomic mass is 10.1. The van der Waals surface area contributed by atoms with Gasteiger partial charge in [0.1, 0.15) is 23.3 Å². The molecule has 0 saturated carbocycles. The Hall–Kier alpha value is -1.57. The zero-order chi connectivity index (χ0) is 16.7. The van der Waals surface area contributed by atoms with Crippen molar-refractivity contribution in [1.82, 2.24) is 4.90 Å². The van der Waals surface area contributed by atoms with Crippen LogP contribution in [-0.2, 0) is 23.9 Å². The summed E-state index contributed by atoms with van der Waals surface area (Å²) in [5.74, 6) is -1.67. The molecule has 0 aliphatic carbocycles. The van der Waals surface area contributed by atoms with Crippen LogP contribution in [0.25, 0.3) is 0 Å². The van der Waals surface area contributed by atoms with Crippen molar-refractivity contribution in [3.8, 4) is 0 Å². The molecular formula is C14H18FNO5S. The van der Waals surface area contributed by atoms with Crippen LogP contribution in [-0.4, -0.2) is 52.3 Å². The predicted octanol–water partition coefficient (Wildman–Crippen LogP) is 1.40. The predicted molar refractivity (Wildman–Crippen MR) is 77.5 cm³/mol. The Morgan fingerprint density at radius 3 is 2.59 bits per heavy atom. The highest BCUT2D eigenvalue weighted by molar-refractivity contribution is 8.00. The number of esters is 2. The van der Waals surface area contributed by atoms with E-state index in [4.69, 9.17) is 9.47 Å². The minimum Gasteiger partial charge on any atom is -0.461 e. The fraction of sp³-hybridized carbons (Fsp3) is 0.643. The topological polar surface area (TPSA) is 72.9 Å². The number of carbonyl (C=O) groups is 3. The minimum atomic E-state index is -1.61. The van der Waals surface area contributed by atoms with Crippen LogP contribution in [0.5, 0.6) is 0 Å². The summed E-state index contributed by atoms with van der Waals surface area (Å²) in [6.45, 7) is 6.22. The van der Waals surface area contributed by atoms with E-state index in [1.165, 1.54) is 18.7 Å². The van der Waals surface area contributed by atoms with E-state index >= 15 is 0 Å². The number of hydrogen-bond donors (Lipinski definition) is 0. The van der Waals surface area contributed by atoms with Gasteiger partial charge in [0.25, 0.3) is 5.91 Å². The fourth-order valence-electron chi connectivity index (χ4n) is 2.12. The number of halogens is 1. The maximum Gasteiger partial charge on any atom is 0.355 e. The molecule has 1 amide bonds. The number of alkyl halides is 1. The summed E-state index contributed by atoms with van der Waals surface area (Å²) in [6.07, 6.45) is -1.61. The molecule has 0 aromatic heterocycles. The quantitative estimate of drug-likeness (QED) is 0.575. The SMILES string of the molecule is CC(=O)OCC1=C(C(=O)OC(C)(C)C)N2C(=O)[C@H](F)[C@H]2SC1. The molecule has 0 aromatic rings. The highest BCUT2D eigenvalue weighted by atomic mass is 32.2. The van der Waals surface area contributed by atoms with Crippen LogP contribution in [0, 0.1) is 0 Å². The summed E-state index contributed by atoms with van der Waals surface area (Å²) in [5.41, 5.74) is -0.301. The molecule has 2 rings (SSSR count). The van der Waals surface area contributed by atoms with Crippen molar-refractivity contribution in [2.75, 3.05) is 12.4 Å². The molecule has 0 radical (unpaired) electrons. The molecule has 0 aromatic carbocycles. The summed E-state index contributed by atoms with van der Waals surface area (Å²) in [7, 11) is 0. The van der Waals surface area contributed by atoms with Crippen LogP contribution in [0.4, 0.5) is 4.39 Å². The first-order valence-corrected chi connectivity index (χ1v) is 7.84. The van der Waals surface area contributed by atoms with E-state index in [1.54, 1.807) is 20.8 Å². The molecule has 1 saturated heterocycles. The van der Waals surface area contributed by atoms with Crippen molar-refractivity contribution in [1.29, 1.82) is 0 Å². The molecule has 6 nitrogen and oxygen atoms in total. The Bertz CT molecular complexity index is 554. The van der Waals surface area contributed by atoms with Gasteiger partial charge < -0.3 is 9.47 Å². The van der Waals surface area contributed by atoms with E-state index in [-0.39, 0.29) is 12.3 Å². The molecule has 2 aliphatic rings. The second-order valence-electron chi connectivity index (χ2n) is 6.05. The molecule has 0 bridgehead atoms. The lowest BCUT2D eigenvalue weighted by Gasteiger charge is -2.46. The number of carbonyl (C=O) groups excluding carboxylic acids is 3. The van der Waals surface area contributed by atoms with Gasteiger partial charge in [-0.05, 0) is 20.8 Å². The molecule has 2 atom stereocenters. The van der Waals surface area contributed by atoms with Crippen LogP contribution >= 0.6 is 11.8 Å². The van der Waals surface area contributed by atoms with Gasteiger partial charge in [-0.2, -0.15) is 0 Å². The smallest absolute Gasteiger partial charge is 0.355 e. The van der Waals surface area contributed by atoms with Crippen LogP contribution in [0.2, 0.25) is 0 Å². The van der Waals surface area contributed by atoms with E-state index in [1.807, 2.05) is 0 Å². The summed E-state index contributed by atoms with van der Waals surface area (Å²) < 4.78 is 23.8. The van der Waals surface area contributed by atoms with E-state index in [0.29, 0.717) is 11.3 Å². The Kier molecular flexibility index (Phi) is 4.51. The molecule has 22 heavy (non-hydrogen) atoms. The molecule has 8 heteroatoms. The first-order valence-electron chi connectivity index (χ1n) is 6.79. The van der Waals surface area contributed by atoms with Crippen molar-refractivity contribution < 1.29 is 28.2 Å². The minimum absolute atomic E-state index is 0.00109. The molecule has 122 valence electrons. The molecule has 1 fully saturated rings. The van der Waals surface area contributed by atoms with Crippen molar-refractivity contribution in [2.45, 2.75) is 44.8 Å². The van der Waals surface area contributed by atoms with Crippen LogP contribution in [0.3, 0.4) is 0 Å². The summed E-state index contributed by atoms with van der Waals surface area (Å²) in [4.78, 5) is 36.2. The third-order valence-corrected chi connectivity index (χ3v) is 4.33. The molecule has 0 unspecified atom stereocenters. The van der Waals surface area contributed by atoms with Gasteiger partial charge in [-0.15, -0.1) is 11.8 Å². The lowest BCUT2D eigenvalue weighted by Crippen LogP contribution is -2.63. The summed E-state index contributed by atoms with van der Waals surface area (Å²) in [5, 5.41) is -0.712. The number of fused-ring (bicyclic) bond motifs is 1. The monoisotopic (exact) mass is 331 g/mol. The van der Waals surface area contributed by atoms with Gasteiger partial charge in [-0.25, -0.2) is 9.18 Å². The number of thioether (sulfide) groups is 1. The molecule has 0 spiro atoms. The normalized spacial score (nSPS) is 24.6. The van der Waals surface area contributed by atoms with Crippen molar-refractivity contribution in [3.05, 3.63) is 11.3 Å². The number of nitrogens with zero attached hydrogens (tertiary/aromatic N) is 1. The molecule has 2 aliphatic heterocycles. The Labute approximate surface area is 132 Å². The van der Waals surface area contributed by atoms with Gasteiger partial charge >= 0.3 is 11.9 Å². The number of amides is 1. The second-order valence-corrected chi connectivity index (χ2v) is 7.15. The van der Waals surface area contributed by atoms with Crippen LogP contribution in [0.15, 0.2) is 11.3 Å². The fourth-order valence-corrected chi connectivity index (χ4v) is 3.35. The largest absolute Gasteiger partial charge is 0.461 e. The first kappa shape index (κ1) is 16.8. The van der Waals surface area contributed by atoms with Crippen molar-refractivity contribution >= 4 is 29.6 Å². The van der Waals surface area contributed by atoms with Gasteiger partial charge in [0, 0.05) is 18.2 Å². The highest BCUT2D eigenvalue weighted by Crippen LogP contribution is 2.42. The summed E-state index contributed by atoms with van der Waals surface area (Å²) in [6, 6.07) is 0. The maximum atomic E-state index is 13.6. The standard InChI is InChI=1S/C14H18FNO5S/c1-7(17)20-5-8-6-22-12-9(15)11(18)16(12)10(8)13(19)21-14(2,3)4/h9,12H,5-6H2,1-4H3/t9-,12+/m0/s1. The molecular weight excluding hydrogens is 313 g/mol. The van der Waals surface area contributed by atoms with Gasteiger partial charge in [-0.3, -0.25) is 14.5 Å². The zero-order valence-electron chi connectivity index (χ0n) is 12.8. The van der Waals surface area contributed by atoms with Gasteiger partial charge in [0.2, 0.25) is 6.17 Å². The Morgan fingerprint density at radius 1 is 1.41 bits per heavy atom. The van der Waals surface area contributed by atoms with E-state index in [0.717, 1.165) is 4.90 Å². The van der Waals surface area contributed by atoms with E-state index in [9.17, 15) is 18.8 Å². The molecule has 0 N–H and O–H groups in total. The first-order chi connectivity index (χ1) is 10.1. The maximum absolute atomic E-state index is 13.6. The molecule has 2 heterocycles. The number of hydrogen-bond acceptors (Lipinski definition) is 6. The lowest BCUT2D eigenvalue weighted by molar-refractivity contribution is -0.161. The van der Waals surface area contributed by atoms with E-state index in [2.05, 4.69) is 0 Å². The highest BCUT2D eigenvalue weighted by Gasteiger charge is 2.54. The zero-order valence-corrected chi connectivity index (χ0v) is 13.7. The van der Waals surface area contributed by atoms with Crippen LogP contribution < -0.4 is 0 Å². The third-order valence-electron chi connectivity index (χ3n) is 3.02. The second kappa shape index (κ2) is 5.91. The van der Waals surface area contributed by atoms with Gasteiger partial charge in [-0.1, -0.05) is 0 Å². The van der Waals surface area contributed by atoms with Gasteiger partial charge in [0.05, 0.1) is 0 Å².